The van der Waals surface area contributed by atoms with Gasteiger partial charge in [-0.05, 0) is 43.3 Å². The Hall–Kier alpha value is -3.61. The summed E-state index contributed by atoms with van der Waals surface area (Å²) in [6.45, 7) is 3.61. The second-order valence-electron chi connectivity index (χ2n) is 6.98. The van der Waals surface area contributed by atoms with Gasteiger partial charge >= 0.3 is 0 Å². The van der Waals surface area contributed by atoms with Gasteiger partial charge in [0.15, 0.2) is 0 Å². The summed E-state index contributed by atoms with van der Waals surface area (Å²) in [4.78, 5) is 22.8. The standard InChI is InChI=1S/C22H23N5O2/c1-15-6-8-18(9-7-15)29-19-13-27(14-19)20-10-11-24-22(26-20)25-17-5-3-4-16(12-17)21(28)23-2/h3-12,19H,13-14H2,1-2H3,(H,23,28)(H,24,25,26). The number of anilines is 3. The van der Waals surface area contributed by atoms with Crippen LogP contribution < -0.4 is 20.3 Å². The van der Waals surface area contributed by atoms with E-state index in [2.05, 4.69) is 32.4 Å². The lowest BCUT2D eigenvalue weighted by Gasteiger charge is -2.39. The second-order valence-corrected chi connectivity index (χ2v) is 6.98. The van der Waals surface area contributed by atoms with Gasteiger partial charge < -0.3 is 20.3 Å². The van der Waals surface area contributed by atoms with Gasteiger partial charge in [0.25, 0.3) is 5.91 Å². The normalized spacial score (nSPS) is 13.5. The molecule has 2 aromatic carbocycles. The minimum atomic E-state index is -0.136. The molecule has 0 saturated carbocycles. The number of carbonyl (C=O) groups excluding carboxylic acids is 1. The quantitative estimate of drug-likeness (QED) is 0.674. The molecular formula is C22H23N5O2. The average Bonchev–Trinajstić information content (AvgIpc) is 2.71. The molecule has 7 nitrogen and oxygen atoms in total. The van der Waals surface area contributed by atoms with Crippen molar-refractivity contribution in [1.29, 1.82) is 0 Å². The molecule has 1 saturated heterocycles. The van der Waals surface area contributed by atoms with Crippen LogP contribution >= 0.6 is 0 Å². The summed E-state index contributed by atoms with van der Waals surface area (Å²) in [5.41, 5.74) is 2.55. The van der Waals surface area contributed by atoms with Gasteiger partial charge in [-0.15, -0.1) is 0 Å². The molecule has 2 N–H and O–H groups in total. The van der Waals surface area contributed by atoms with Crippen molar-refractivity contribution in [2.45, 2.75) is 13.0 Å². The summed E-state index contributed by atoms with van der Waals surface area (Å²) in [5.74, 6) is 2.08. The maximum absolute atomic E-state index is 11.8. The van der Waals surface area contributed by atoms with E-state index in [1.165, 1.54) is 5.56 Å². The van der Waals surface area contributed by atoms with Crippen molar-refractivity contribution in [3.05, 3.63) is 71.9 Å². The zero-order valence-corrected chi connectivity index (χ0v) is 16.4. The van der Waals surface area contributed by atoms with Crippen LogP contribution in [0, 0.1) is 6.92 Å². The predicted octanol–water partition coefficient (Wildman–Crippen LogP) is 3.16. The van der Waals surface area contributed by atoms with Crippen molar-refractivity contribution in [2.24, 2.45) is 0 Å². The number of rotatable bonds is 6. The highest BCUT2D eigenvalue weighted by atomic mass is 16.5. The number of hydrogen-bond donors (Lipinski definition) is 2. The van der Waals surface area contributed by atoms with Crippen molar-refractivity contribution in [3.8, 4) is 5.75 Å². The molecule has 7 heteroatoms. The summed E-state index contributed by atoms with van der Waals surface area (Å²) >= 11 is 0. The molecule has 0 atom stereocenters. The van der Waals surface area contributed by atoms with E-state index < -0.39 is 0 Å². The monoisotopic (exact) mass is 389 g/mol. The number of ether oxygens (including phenoxy) is 1. The first-order valence-electron chi connectivity index (χ1n) is 9.51. The highest BCUT2D eigenvalue weighted by Crippen LogP contribution is 2.24. The molecule has 0 bridgehead atoms. The molecule has 1 amide bonds. The van der Waals surface area contributed by atoms with Crippen LogP contribution in [0.5, 0.6) is 5.75 Å². The predicted molar refractivity (Wildman–Crippen MR) is 113 cm³/mol. The molecular weight excluding hydrogens is 366 g/mol. The molecule has 0 spiro atoms. The second kappa shape index (κ2) is 8.18. The first-order valence-corrected chi connectivity index (χ1v) is 9.51. The lowest BCUT2D eigenvalue weighted by molar-refractivity contribution is 0.0963. The number of nitrogens with zero attached hydrogens (tertiary/aromatic N) is 3. The van der Waals surface area contributed by atoms with Crippen molar-refractivity contribution < 1.29 is 9.53 Å². The Labute approximate surface area is 169 Å². The van der Waals surface area contributed by atoms with Crippen LogP contribution in [0.2, 0.25) is 0 Å². The fourth-order valence-corrected chi connectivity index (χ4v) is 3.11. The summed E-state index contributed by atoms with van der Waals surface area (Å²) < 4.78 is 5.99. The minimum Gasteiger partial charge on any atom is -0.487 e. The topological polar surface area (TPSA) is 79.4 Å². The zero-order valence-electron chi connectivity index (χ0n) is 16.4. The summed E-state index contributed by atoms with van der Waals surface area (Å²) in [6, 6.07) is 17.2. The first-order chi connectivity index (χ1) is 14.1. The molecule has 148 valence electrons. The lowest BCUT2D eigenvalue weighted by atomic mass is 10.1. The van der Waals surface area contributed by atoms with Crippen LogP contribution in [0.15, 0.2) is 60.8 Å². The number of carbonyl (C=O) groups is 1. The molecule has 3 aromatic rings. The number of nitrogens with one attached hydrogen (secondary N) is 2. The molecule has 1 fully saturated rings. The number of benzene rings is 2. The van der Waals surface area contributed by atoms with Crippen LogP contribution in [0.1, 0.15) is 15.9 Å². The first kappa shape index (κ1) is 18.7. The molecule has 0 aliphatic carbocycles. The molecule has 29 heavy (non-hydrogen) atoms. The van der Waals surface area contributed by atoms with Gasteiger partial charge in [0.05, 0.1) is 13.1 Å². The Morgan fingerprint density at radius 2 is 1.93 bits per heavy atom. The van der Waals surface area contributed by atoms with E-state index in [1.807, 2.05) is 42.5 Å². The van der Waals surface area contributed by atoms with E-state index in [0.29, 0.717) is 11.5 Å². The minimum absolute atomic E-state index is 0.136. The fourth-order valence-electron chi connectivity index (χ4n) is 3.11. The zero-order chi connectivity index (χ0) is 20.2. The van der Waals surface area contributed by atoms with Crippen molar-refractivity contribution >= 4 is 23.4 Å². The van der Waals surface area contributed by atoms with Crippen LogP contribution in [0.3, 0.4) is 0 Å². The van der Waals surface area contributed by atoms with E-state index in [4.69, 9.17) is 4.74 Å². The third-order valence-electron chi connectivity index (χ3n) is 4.74. The van der Waals surface area contributed by atoms with Gasteiger partial charge in [0.1, 0.15) is 17.7 Å². The SMILES string of the molecule is CNC(=O)c1cccc(Nc2nccc(N3CC(Oc4ccc(C)cc4)C3)n2)c1. The van der Waals surface area contributed by atoms with E-state index in [9.17, 15) is 4.79 Å². The van der Waals surface area contributed by atoms with E-state index >= 15 is 0 Å². The Kier molecular flexibility index (Phi) is 5.29. The van der Waals surface area contributed by atoms with Gasteiger partial charge in [0, 0.05) is 24.5 Å². The largest absolute Gasteiger partial charge is 0.487 e. The molecule has 2 heterocycles. The fraction of sp³-hybridized carbons (Fsp3) is 0.227. The Balaban J connectivity index is 1.37. The number of aryl methyl sites for hydroxylation is 1. The smallest absolute Gasteiger partial charge is 0.251 e. The highest BCUT2D eigenvalue weighted by Gasteiger charge is 2.29. The van der Waals surface area contributed by atoms with E-state index in [0.717, 1.165) is 30.3 Å². The van der Waals surface area contributed by atoms with Crippen LogP contribution in [0.4, 0.5) is 17.5 Å². The van der Waals surface area contributed by atoms with Crippen LogP contribution in [-0.2, 0) is 0 Å². The average molecular weight is 389 g/mol. The third kappa shape index (κ3) is 4.45. The van der Waals surface area contributed by atoms with Gasteiger partial charge in [0.2, 0.25) is 5.95 Å². The Morgan fingerprint density at radius 3 is 2.69 bits per heavy atom. The van der Waals surface area contributed by atoms with Gasteiger partial charge in [-0.2, -0.15) is 4.98 Å². The summed E-state index contributed by atoms with van der Waals surface area (Å²) in [5, 5.41) is 5.78. The highest BCUT2D eigenvalue weighted by molar-refractivity contribution is 5.95. The number of amides is 1. The summed E-state index contributed by atoms with van der Waals surface area (Å²) in [6.07, 6.45) is 1.87. The van der Waals surface area contributed by atoms with Gasteiger partial charge in [-0.1, -0.05) is 23.8 Å². The summed E-state index contributed by atoms with van der Waals surface area (Å²) in [7, 11) is 1.61. The Bertz CT molecular complexity index is 1000. The maximum atomic E-state index is 11.8. The third-order valence-corrected chi connectivity index (χ3v) is 4.74. The van der Waals surface area contributed by atoms with Crippen LogP contribution in [-0.4, -0.2) is 42.1 Å². The molecule has 1 aliphatic rings. The Morgan fingerprint density at radius 1 is 1.14 bits per heavy atom. The molecule has 4 rings (SSSR count). The van der Waals surface area contributed by atoms with Crippen molar-refractivity contribution in [1.82, 2.24) is 15.3 Å². The van der Waals surface area contributed by atoms with Crippen molar-refractivity contribution in [2.75, 3.05) is 30.4 Å². The number of aromatic nitrogens is 2. The van der Waals surface area contributed by atoms with Gasteiger partial charge in [-0.25, -0.2) is 4.98 Å². The number of hydrogen-bond acceptors (Lipinski definition) is 6. The molecule has 1 aliphatic heterocycles. The van der Waals surface area contributed by atoms with Crippen molar-refractivity contribution in [3.63, 3.8) is 0 Å². The van der Waals surface area contributed by atoms with E-state index in [-0.39, 0.29) is 12.0 Å². The van der Waals surface area contributed by atoms with E-state index in [1.54, 1.807) is 25.4 Å². The van der Waals surface area contributed by atoms with Crippen LogP contribution in [0.25, 0.3) is 0 Å². The maximum Gasteiger partial charge on any atom is 0.251 e. The molecule has 0 unspecified atom stereocenters. The molecule has 0 radical (unpaired) electrons. The lowest BCUT2D eigenvalue weighted by Crippen LogP contribution is -2.54. The molecule has 1 aromatic heterocycles. The van der Waals surface area contributed by atoms with Gasteiger partial charge in [-0.3, -0.25) is 4.79 Å².